The first-order valence-corrected chi connectivity index (χ1v) is 8.33. The van der Waals surface area contributed by atoms with Crippen LogP contribution in [0.3, 0.4) is 0 Å². The first kappa shape index (κ1) is 16.7. The molecule has 24 heavy (non-hydrogen) atoms. The van der Waals surface area contributed by atoms with Crippen LogP contribution < -0.4 is 10.2 Å². The van der Waals surface area contributed by atoms with Gasteiger partial charge in [-0.1, -0.05) is 24.4 Å². The van der Waals surface area contributed by atoms with Gasteiger partial charge in [0.05, 0.1) is 11.1 Å². The van der Waals surface area contributed by atoms with E-state index in [1.807, 2.05) is 0 Å². The third kappa shape index (κ3) is 2.84. The Bertz CT molecular complexity index is 725. The van der Waals surface area contributed by atoms with E-state index in [1.54, 1.807) is 6.07 Å². The van der Waals surface area contributed by atoms with Gasteiger partial charge in [0.15, 0.2) is 0 Å². The Morgan fingerprint density at radius 3 is 2.75 bits per heavy atom. The highest BCUT2D eigenvalue weighted by atomic mass is 35.5. The predicted molar refractivity (Wildman–Crippen MR) is 86.8 cm³/mol. The van der Waals surface area contributed by atoms with Crippen LogP contribution in [0.15, 0.2) is 18.2 Å². The molecule has 1 saturated heterocycles. The van der Waals surface area contributed by atoms with Gasteiger partial charge < -0.3 is 10.2 Å². The number of carbonyl (C=O) groups is 2. The minimum atomic E-state index is -1.01. The van der Waals surface area contributed by atoms with Crippen LogP contribution in [-0.2, 0) is 9.59 Å². The van der Waals surface area contributed by atoms with Crippen molar-refractivity contribution in [3.05, 3.63) is 29.0 Å². The van der Waals surface area contributed by atoms with E-state index in [0.717, 1.165) is 12.8 Å². The summed E-state index contributed by atoms with van der Waals surface area (Å²) in [5.41, 5.74) is -0.602. The summed E-state index contributed by atoms with van der Waals surface area (Å²) in [6.07, 6.45) is 3.17. The maximum Gasteiger partial charge on any atom is 0.249 e. The molecule has 1 N–H and O–H groups in total. The molecule has 1 saturated carbocycles. The Kier molecular flexibility index (Phi) is 4.46. The summed E-state index contributed by atoms with van der Waals surface area (Å²) in [6, 6.07) is 5.62. The van der Waals surface area contributed by atoms with Gasteiger partial charge in [-0.05, 0) is 37.5 Å². The first-order valence-electron chi connectivity index (χ1n) is 7.95. The number of nitrogens with zero attached hydrogens (tertiary/aromatic N) is 2. The molecule has 0 aromatic heterocycles. The fourth-order valence-electron chi connectivity index (χ4n) is 3.39. The number of anilines is 1. The minimum Gasteiger partial charge on any atom is -0.343 e. The van der Waals surface area contributed by atoms with Crippen molar-refractivity contribution in [2.45, 2.75) is 38.1 Å². The van der Waals surface area contributed by atoms with Crippen LogP contribution in [0.5, 0.6) is 0 Å². The van der Waals surface area contributed by atoms with E-state index < -0.39 is 17.3 Å². The van der Waals surface area contributed by atoms with Gasteiger partial charge in [0.1, 0.15) is 17.3 Å². The van der Waals surface area contributed by atoms with Gasteiger partial charge in [-0.15, -0.1) is 0 Å². The highest BCUT2D eigenvalue weighted by Gasteiger charge is 2.44. The average Bonchev–Trinajstić information content (AvgIpc) is 3.19. The normalized spacial score (nSPS) is 22.5. The Morgan fingerprint density at radius 1 is 1.42 bits per heavy atom. The maximum absolute atomic E-state index is 13.6. The molecular weight excluding hydrogens is 333 g/mol. The van der Waals surface area contributed by atoms with E-state index >= 15 is 0 Å². The molecular formula is C17H17ClFN3O2. The monoisotopic (exact) mass is 349 g/mol. The van der Waals surface area contributed by atoms with Crippen molar-refractivity contribution in [1.82, 2.24) is 5.32 Å². The van der Waals surface area contributed by atoms with E-state index in [9.17, 15) is 19.2 Å². The van der Waals surface area contributed by atoms with Crippen molar-refractivity contribution in [3.63, 3.8) is 0 Å². The minimum absolute atomic E-state index is 0.00700. The predicted octanol–water partition coefficient (Wildman–Crippen LogP) is 2.78. The van der Waals surface area contributed by atoms with Crippen LogP contribution in [0.25, 0.3) is 0 Å². The third-order valence-electron chi connectivity index (χ3n) is 4.83. The smallest absolute Gasteiger partial charge is 0.249 e. The van der Waals surface area contributed by atoms with Crippen LogP contribution in [0.4, 0.5) is 10.1 Å². The van der Waals surface area contributed by atoms with Crippen molar-refractivity contribution in [2.75, 3.05) is 11.4 Å². The van der Waals surface area contributed by atoms with Gasteiger partial charge in [-0.3, -0.25) is 9.59 Å². The fraction of sp³-hybridized carbons (Fsp3) is 0.471. The molecule has 1 heterocycles. The number of amides is 2. The van der Waals surface area contributed by atoms with Gasteiger partial charge in [0, 0.05) is 12.2 Å². The lowest BCUT2D eigenvalue weighted by atomic mass is 9.86. The van der Waals surface area contributed by atoms with Crippen molar-refractivity contribution in [2.24, 2.45) is 5.41 Å². The molecule has 1 atom stereocenters. The number of nitrogens with one attached hydrogen (secondary N) is 1. The zero-order chi connectivity index (χ0) is 17.3. The largest absolute Gasteiger partial charge is 0.343 e. The molecule has 2 aliphatic rings. The summed E-state index contributed by atoms with van der Waals surface area (Å²) in [7, 11) is 0. The Morgan fingerprint density at radius 2 is 2.12 bits per heavy atom. The summed E-state index contributed by atoms with van der Waals surface area (Å²) in [4.78, 5) is 26.4. The average molecular weight is 350 g/mol. The summed E-state index contributed by atoms with van der Waals surface area (Å²) in [5, 5.41) is 12.1. The third-order valence-corrected chi connectivity index (χ3v) is 5.14. The van der Waals surface area contributed by atoms with E-state index in [0.29, 0.717) is 31.5 Å². The molecule has 1 aliphatic heterocycles. The zero-order valence-corrected chi connectivity index (χ0v) is 13.8. The number of hydrogen-bond acceptors (Lipinski definition) is 3. The van der Waals surface area contributed by atoms with Gasteiger partial charge in [-0.2, -0.15) is 5.26 Å². The molecule has 0 radical (unpaired) electrons. The molecule has 0 bridgehead atoms. The molecule has 0 unspecified atom stereocenters. The Hall–Kier alpha value is -2.13. The SMILES string of the molecule is N#CC1(C(=O)N[C@H]2CCN(c3ccc(Cl)c(F)c3)C2=O)CCCC1. The zero-order valence-electron chi connectivity index (χ0n) is 13.0. The first-order chi connectivity index (χ1) is 11.5. The molecule has 1 aromatic rings. The van der Waals surface area contributed by atoms with Crippen LogP contribution in [-0.4, -0.2) is 24.4 Å². The highest BCUT2D eigenvalue weighted by Crippen LogP contribution is 2.38. The lowest BCUT2D eigenvalue weighted by molar-refractivity contribution is -0.131. The van der Waals surface area contributed by atoms with Gasteiger partial charge in [0.25, 0.3) is 0 Å². The second-order valence-corrected chi connectivity index (χ2v) is 6.71. The standard InChI is InChI=1S/C17H17ClFN3O2/c18-12-4-3-11(9-13(12)19)22-8-5-14(15(22)23)21-16(24)17(10-20)6-1-2-7-17/h3-4,9,14H,1-2,5-8H2,(H,21,24)/t14-/m0/s1. The molecule has 0 spiro atoms. The molecule has 1 aliphatic carbocycles. The van der Waals surface area contributed by atoms with Crippen LogP contribution in [0, 0.1) is 22.6 Å². The summed E-state index contributed by atoms with van der Waals surface area (Å²) >= 11 is 5.66. The molecule has 126 valence electrons. The van der Waals surface area contributed by atoms with Crippen LogP contribution in [0.2, 0.25) is 5.02 Å². The van der Waals surface area contributed by atoms with Crippen molar-refractivity contribution < 1.29 is 14.0 Å². The van der Waals surface area contributed by atoms with Crippen molar-refractivity contribution >= 4 is 29.1 Å². The van der Waals surface area contributed by atoms with Gasteiger partial charge >= 0.3 is 0 Å². The van der Waals surface area contributed by atoms with E-state index in [1.165, 1.54) is 17.0 Å². The Balaban J connectivity index is 1.71. The molecule has 7 heteroatoms. The molecule has 1 aromatic carbocycles. The molecule has 2 fully saturated rings. The number of nitriles is 1. The summed E-state index contributed by atoms with van der Waals surface area (Å²) in [6.45, 7) is 0.379. The number of carbonyl (C=O) groups excluding carboxylic acids is 2. The van der Waals surface area contributed by atoms with E-state index in [4.69, 9.17) is 11.6 Å². The lowest BCUT2D eigenvalue weighted by Gasteiger charge is -2.22. The molecule has 2 amide bonds. The molecule has 5 nitrogen and oxygen atoms in total. The quantitative estimate of drug-likeness (QED) is 0.911. The lowest BCUT2D eigenvalue weighted by Crippen LogP contribution is -2.47. The van der Waals surface area contributed by atoms with Gasteiger partial charge in [0.2, 0.25) is 11.8 Å². The second kappa shape index (κ2) is 6.40. The topological polar surface area (TPSA) is 73.2 Å². The maximum atomic E-state index is 13.6. The summed E-state index contributed by atoms with van der Waals surface area (Å²) in [5.74, 6) is -1.26. The number of benzene rings is 1. The number of hydrogen-bond donors (Lipinski definition) is 1. The number of rotatable bonds is 3. The van der Waals surface area contributed by atoms with Crippen LogP contribution in [0.1, 0.15) is 32.1 Å². The van der Waals surface area contributed by atoms with Crippen molar-refractivity contribution in [1.29, 1.82) is 5.26 Å². The van der Waals surface area contributed by atoms with Crippen LogP contribution >= 0.6 is 11.6 Å². The molecule has 3 rings (SSSR count). The summed E-state index contributed by atoms with van der Waals surface area (Å²) < 4.78 is 13.6. The fourth-order valence-corrected chi connectivity index (χ4v) is 3.51. The number of halogens is 2. The van der Waals surface area contributed by atoms with Gasteiger partial charge in [-0.25, -0.2) is 4.39 Å². The van der Waals surface area contributed by atoms with Crippen molar-refractivity contribution in [3.8, 4) is 6.07 Å². The second-order valence-electron chi connectivity index (χ2n) is 6.30. The van der Waals surface area contributed by atoms with E-state index in [2.05, 4.69) is 11.4 Å². The highest BCUT2D eigenvalue weighted by molar-refractivity contribution is 6.30. The Labute approximate surface area is 144 Å². The van der Waals surface area contributed by atoms with E-state index in [-0.39, 0.29) is 16.8 Å².